The summed E-state index contributed by atoms with van der Waals surface area (Å²) in [5.41, 5.74) is 1.71. The van der Waals surface area contributed by atoms with E-state index in [1.54, 1.807) is 5.57 Å². The summed E-state index contributed by atoms with van der Waals surface area (Å²) in [5, 5.41) is 3.76. The maximum absolute atomic E-state index is 3.76. The van der Waals surface area contributed by atoms with Crippen molar-refractivity contribution >= 4 is 0 Å². The van der Waals surface area contributed by atoms with Crippen LogP contribution >= 0.6 is 0 Å². The molecule has 0 bridgehead atoms. The molecule has 104 valence electrons. The highest BCUT2D eigenvalue weighted by Gasteiger charge is 2.17. The first-order valence-corrected chi connectivity index (χ1v) is 8.02. The normalized spacial score (nSPS) is 23.1. The summed E-state index contributed by atoms with van der Waals surface area (Å²) in [6, 6.07) is 0.780. The fraction of sp³-hybridized carbons (Fsp3) is 0.875. The van der Waals surface area contributed by atoms with Crippen molar-refractivity contribution in [1.82, 2.24) is 10.2 Å². The average Bonchev–Trinajstić information content (AvgIpc) is 2.42. The van der Waals surface area contributed by atoms with Crippen molar-refractivity contribution in [2.75, 3.05) is 26.2 Å². The smallest absolute Gasteiger partial charge is 0.00915 e. The molecule has 2 aliphatic rings. The van der Waals surface area contributed by atoms with Gasteiger partial charge in [-0.25, -0.2) is 0 Å². The number of nitrogens with zero attached hydrogens (tertiary/aromatic N) is 1. The molecule has 1 saturated heterocycles. The Morgan fingerprint density at radius 3 is 2.78 bits per heavy atom. The van der Waals surface area contributed by atoms with E-state index in [4.69, 9.17) is 0 Å². The lowest BCUT2D eigenvalue weighted by atomic mass is 9.97. The Bertz CT molecular complexity index is 252. The van der Waals surface area contributed by atoms with Crippen molar-refractivity contribution < 1.29 is 0 Å². The molecule has 18 heavy (non-hydrogen) atoms. The summed E-state index contributed by atoms with van der Waals surface area (Å²) in [6.07, 6.45) is 13.3. The lowest BCUT2D eigenvalue weighted by Gasteiger charge is -2.32. The zero-order valence-electron chi connectivity index (χ0n) is 12.1. The Kier molecular flexibility index (Phi) is 6.22. The molecule has 2 rings (SSSR count). The molecular weight excluding hydrogens is 220 g/mol. The van der Waals surface area contributed by atoms with Crippen LogP contribution in [0.5, 0.6) is 0 Å². The van der Waals surface area contributed by atoms with Gasteiger partial charge in [0.05, 0.1) is 0 Å². The van der Waals surface area contributed by atoms with Gasteiger partial charge in [0, 0.05) is 6.04 Å². The number of hydrogen-bond acceptors (Lipinski definition) is 2. The van der Waals surface area contributed by atoms with Crippen LogP contribution in [0.25, 0.3) is 0 Å². The lowest BCUT2D eigenvalue weighted by molar-refractivity contribution is 0.198. The zero-order chi connectivity index (χ0) is 12.6. The summed E-state index contributed by atoms with van der Waals surface area (Å²) >= 11 is 0. The van der Waals surface area contributed by atoms with E-state index in [9.17, 15) is 0 Å². The number of hydrogen-bond donors (Lipinski definition) is 1. The van der Waals surface area contributed by atoms with E-state index in [0.717, 1.165) is 6.04 Å². The summed E-state index contributed by atoms with van der Waals surface area (Å²) in [7, 11) is 0. The van der Waals surface area contributed by atoms with E-state index in [-0.39, 0.29) is 0 Å². The van der Waals surface area contributed by atoms with Crippen LogP contribution in [0, 0.1) is 0 Å². The number of allylic oxidation sites excluding steroid dienone is 1. The topological polar surface area (TPSA) is 15.3 Å². The van der Waals surface area contributed by atoms with Crippen molar-refractivity contribution in [3.63, 3.8) is 0 Å². The third-order valence-corrected chi connectivity index (χ3v) is 4.39. The summed E-state index contributed by atoms with van der Waals surface area (Å²) < 4.78 is 0. The van der Waals surface area contributed by atoms with Gasteiger partial charge in [-0.05, 0) is 77.5 Å². The molecule has 0 radical (unpaired) electrons. The predicted octanol–water partition coefficient (Wildman–Crippen LogP) is 3.34. The summed E-state index contributed by atoms with van der Waals surface area (Å²) in [5.74, 6) is 0. The molecule has 0 unspecified atom stereocenters. The molecule has 1 N–H and O–H groups in total. The van der Waals surface area contributed by atoms with Gasteiger partial charge in [-0.15, -0.1) is 0 Å². The monoisotopic (exact) mass is 250 g/mol. The van der Waals surface area contributed by atoms with Gasteiger partial charge in [-0.1, -0.05) is 18.6 Å². The van der Waals surface area contributed by atoms with Gasteiger partial charge < -0.3 is 10.2 Å². The standard InChI is InChI=1S/C16H30N2/c1-2-12-18-13-9-16(10-14-18)17-11-8-15-6-4-3-5-7-15/h6,16-17H,2-5,7-14H2,1H3. The molecule has 0 spiro atoms. The second kappa shape index (κ2) is 7.96. The lowest BCUT2D eigenvalue weighted by Crippen LogP contribution is -2.43. The van der Waals surface area contributed by atoms with E-state index >= 15 is 0 Å². The SMILES string of the molecule is CCCN1CCC(NCCC2=CCCCC2)CC1. The first-order chi connectivity index (χ1) is 8.88. The molecule has 1 aliphatic carbocycles. The maximum Gasteiger partial charge on any atom is 0.00915 e. The van der Waals surface area contributed by atoms with E-state index in [0.29, 0.717) is 0 Å². The average molecular weight is 250 g/mol. The number of likely N-dealkylation sites (tertiary alicyclic amines) is 1. The number of nitrogens with one attached hydrogen (secondary N) is 1. The summed E-state index contributed by atoms with van der Waals surface area (Å²) in [4.78, 5) is 2.61. The highest BCUT2D eigenvalue weighted by atomic mass is 15.1. The van der Waals surface area contributed by atoms with Crippen LogP contribution in [0.15, 0.2) is 11.6 Å². The van der Waals surface area contributed by atoms with Gasteiger partial charge in [0.1, 0.15) is 0 Å². The molecular formula is C16H30N2. The first kappa shape index (κ1) is 14.1. The maximum atomic E-state index is 3.76. The van der Waals surface area contributed by atoms with Crippen LogP contribution in [0.3, 0.4) is 0 Å². The first-order valence-electron chi connectivity index (χ1n) is 8.02. The minimum atomic E-state index is 0.780. The van der Waals surface area contributed by atoms with Crippen LogP contribution in [0.2, 0.25) is 0 Å². The molecule has 0 aromatic rings. The minimum absolute atomic E-state index is 0.780. The second-order valence-corrected chi connectivity index (χ2v) is 5.93. The Hall–Kier alpha value is -0.340. The highest BCUT2D eigenvalue weighted by molar-refractivity contribution is 5.05. The molecule has 1 heterocycles. The molecule has 0 aromatic heterocycles. The quantitative estimate of drug-likeness (QED) is 0.727. The highest BCUT2D eigenvalue weighted by Crippen LogP contribution is 2.19. The summed E-state index contributed by atoms with van der Waals surface area (Å²) in [6.45, 7) is 7.37. The molecule has 1 aliphatic heterocycles. The van der Waals surface area contributed by atoms with Gasteiger partial charge in [-0.2, -0.15) is 0 Å². The van der Waals surface area contributed by atoms with Crippen molar-refractivity contribution in [2.24, 2.45) is 0 Å². The fourth-order valence-corrected chi connectivity index (χ4v) is 3.25. The van der Waals surface area contributed by atoms with E-state index < -0.39 is 0 Å². The van der Waals surface area contributed by atoms with Gasteiger partial charge in [0.25, 0.3) is 0 Å². The van der Waals surface area contributed by atoms with Crippen molar-refractivity contribution in [3.05, 3.63) is 11.6 Å². The van der Waals surface area contributed by atoms with Crippen molar-refractivity contribution in [3.8, 4) is 0 Å². The predicted molar refractivity (Wildman–Crippen MR) is 78.9 cm³/mol. The molecule has 0 aromatic carbocycles. The molecule has 0 saturated carbocycles. The van der Waals surface area contributed by atoms with Gasteiger partial charge in [0.15, 0.2) is 0 Å². The second-order valence-electron chi connectivity index (χ2n) is 5.93. The van der Waals surface area contributed by atoms with Crippen molar-refractivity contribution in [2.45, 2.75) is 64.3 Å². The fourth-order valence-electron chi connectivity index (χ4n) is 3.25. The minimum Gasteiger partial charge on any atom is -0.314 e. The molecule has 1 fully saturated rings. The molecule has 2 heteroatoms. The van der Waals surface area contributed by atoms with Gasteiger partial charge in [-0.3, -0.25) is 0 Å². The Labute approximate surface area is 113 Å². The zero-order valence-corrected chi connectivity index (χ0v) is 12.1. The third kappa shape index (κ3) is 4.74. The van der Waals surface area contributed by atoms with Gasteiger partial charge >= 0.3 is 0 Å². The van der Waals surface area contributed by atoms with Crippen LogP contribution < -0.4 is 5.32 Å². The number of piperidine rings is 1. The van der Waals surface area contributed by atoms with Gasteiger partial charge in [0.2, 0.25) is 0 Å². The van der Waals surface area contributed by atoms with E-state index in [2.05, 4.69) is 23.2 Å². The number of rotatable bonds is 6. The van der Waals surface area contributed by atoms with Crippen molar-refractivity contribution in [1.29, 1.82) is 0 Å². The molecule has 2 nitrogen and oxygen atoms in total. The van der Waals surface area contributed by atoms with Crippen LogP contribution in [0.4, 0.5) is 0 Å². The van der Waals surface area contributed by atoms with E-state index in [1.165, 1.54) is 77.5 Å². The third-order valence-electron chi connectivity index (χ3n) is 4.39. The van der Waals surface area contributed by atoms with Crippen LogP contribution in [0.1, 0.15) is 58.3 Å². The van der Waals surface area contributed by atoms with E-state index in [1.807, 2.05) is 0 Å². The Morgan fingerprint density at radius 2 is 2.11 bits per heavy atom. The Morgan fingerprint density at radius 1 is 1.28 bits per heavy atom. The molecule has 0 atom stereocenters. The van der Waals surface area contributed by atoms with Crippen LogP contribution in [-0.2, 0) is 0 Å². The largest absolute Gasteiger partial charge is 0.314 e. The van der Waals surface area contributed by atoms with Crippen LogP contribution in [-0.4, -0.2) is 37.1 Å². The molecule has 0 amide bonds. The Balaban J connectivity index is 1.56.